The Morgan fingerprint density at radius 1 is 1.37 bits per heavy atom. The van der Waals surface area contributed by atoms with Crippen molar-refractivity contribution in [3.8, 4) is 0 Å². The van der Waals surface area contributed by atoms with Crippen LogP contribution in [0.2, 0.25) is 0 Å². The summed E-state index contributed by atoms with van der Waals surface area (Å²) in [6, 6.07) is 5.26. The Balaban J connectivity index is 1.89. The Morgan fingerprint density at radius 2 is 2.05 bits per heavy atom. The van der Waals surface area contributed by atoms with Crippen LogP contribution in [0.5, 0.6) is 0 Å². The van der Waals surface area contributed by atoms with E-state index in [-0.39, 0.29) is 12.0 Å². The molecule has 104 valence electrons. The number of aliphatic hydroxyl groups excluding tert-OH is 1. The van der Waals surface area contributed by atoms with E-state index in [4.69, 9.17) is 5.73 Å². The van der Waals surface area contributed by atoms with Crippen LogP contribution >= 0.6 is 15.9 Å². The van der Waals surface area contributed by atoms with Gasteiger partial charge in [-0.05, 0) is 49.8 Å². The lowest BCUT2D eigenvalue weighted by Crippen LogP contribution is -2.32. The van der Waals surface area contributed by atoms with Gasteiger partial charge in [0.2, 0.25) is 0 Å². The van der Waals surface area contributed by atoms with Crippen LogP contribution in [0.25, 0.3) is 0 Å². The van der Waals surface area contributed by atoms with E-state index >= 15 is 0 Å². The number of benzene rings is 1. The van der Waals surface area contributed by atoms with Crippen molar-refractivity contribution in [3.05, 3.63) is 28.2 Å². The molecule has 1 aliphatic rings. The van der Waals surface area contributed by atoms with Crippen molar-refractivity contribution < 1.29 is 9.90 Å². The number of anilines is 1. The first-order valence-electron chi connectivity index (χ1n) is 6.57. The predicted octanol–water partition coefficient (Wildman–Crippen LogP) is 2.31. The van der Waals surface area contributed by atoms with Gasteiger partial charge in [-0.1, -0.05) is 15.9 Å². The molecular formula is C14H19BrN2O2. The molecule has 0 radical (unpaired) electrons. The normalized spacial score (nSPS) is 23.1. The smallest absolute Gasteiger partial charge is 0.253 e. The van der Waals surface area contributed by atoms with Gasteiger partial charge >= 0.3 is 0 Å². The minimum atomic E-state index is -0.160. The van der Waals surface area contributed by atoms with Gasteiger partial charge in [-0.15, -0.1) is 0 Å². The van der Waals surface area contributed by atoms with E-state index in [1.165, 1.54) is 0 Å². The van der Waals surface area contributed by atoms with Gasteiger partial charge < -0.3 is 16.2 Å². The Labute approximate surface area is 121 Å². The first-order valence-corrected chi connectivity index (χ1v) is 7.37. The SMILES string of the molecule is Nc1ccc(Br)cc1C(=O)NCC1CCC(O)CC1. The van der Waals surface area contributed by atoms with E-state index < -0.39 is 0 Å². The van der Waals surface area contributed by atoms with Gasteiger partial charge in [0, 0.05) is 16.7 Å². The maximum absolute atomic E-state index is 12.1. The number of hydrogen-bond donors (Lipinski definition) is 3. The molecule has 2 rings (SSSR count). The van der Waals surface area contributed by atoms with E-state index in [0.29, 0.717) is 23.7 Å². The van der Waals surface area contributed by atoms with Gasteiger partial charge in [0.1, 0.15) is 0 Å². The number of aliphatic hydroxyl groups is 1. The molecule has 1 amide bonds. The molecule has 1 aromatic carbocycles. The molecule has 5 heteroatoms. The fourth-order valence-electron chi connectivity index (χ4n) is 2.41. The quantitative estimate of drug-likeness (QED) is 0.746. The van der Waals surface area contributed by atoms with Gasteiger partial charge in [0.25, 0.3) is 5.91 Å². The third-order valence-electron chi connectivity index (χ3n) is 3.63. The fourth-order valence-corrected chi connectivity index (χ4v) is 2.77. The number of nitrogens with two attached hydrogens (primary N) is 1. The highest BCUT2D eigenvalue weighted by molar-refractivity contribution is 9.10. The van der Waals surface area contributed by atoms with Gasteiger partial charge in [-0.2, -0.15) is 0 Å². The summed E-state index contributed by atoms with van der Waals surface area (Å²) in [4.78, 5) is 12.1. The Kier molecular flexibility index (Phi) is 4.82. The predicted molar refractivity (Wildman–Crippen MR) is 78.9 cm³/mol. The maximum Gasteiger partial charge on any atom is 0.253 e. The zero-order chi connectivity index (χ0) is 13.8. The molecular weight excluding hydrogens is 308 g/mol. The van der Waals surface area contributed by atoms with E-state index in [1.54, 1.807) is 12.1 Å². The third kappa shape index (κ3) is 3.94. The summed E-state index contributed by atoms with van der Waals surface area (Å²) in [7, 11) is 0. The van der Waals surface area contributed by atoms with Crippen LogP contribution in [0.4, 0.5) is 5.69 Å². The number of hydrogen-bond acceptors (Lipinski definition) is 3. The molecule has 4 nitrogen and oxygen atoms in total. The van der Waals surface area contributed by atoms with Gasteiger partial charge in [-0.25, -0.2) is 0 Å². The molecule has 0 aromatic heterocycles. The first kappa shape index (κ1) is 14.3. The molecule has 0 spiro atoms. The Hall–Kier alpha value is -1.07. The largest absolute Gasteiger partial charge is 0.398 e. The number of nitrogen functional groups attached to an aromatic ring is 1. The monoisotopic (exact) mass is 326 g/mol. The van der Waals surface area contributed by atoms with Crippen LogP contribution in [0.15, 0.2) is 22.7 Å². The van der Waals surface area contributed by atoms with E-state index in [1.807, 2.05) is 6.07 Å². The standard InChI is InChI=1S/C14H19BrN2O2/c15-10-3-6-13(16)12(7-10)14(19)17-8-9-1-4-11(18)5-2-9/h3,6-7,9,11,18H,1-2,4-5,8,16H2,(H,17,19). The second kappa shape index (κ2) is 6.39. The molecule has 1 aromatic rings. The molecule has 1 aliphatic carbocycles. The summed E-state index contributed by atoms with van der Waals surface area (Å²) >= 11 is 3.34. The van der Waals surface area contributed by atoms with Crippen LogP contribution in [-0.2, 0) is 0 Å². The second-order valence-corrected chi connectivity index (χ2v) is 6.03. The molecule has 0 atom stereocenters. The van der Waals surface area contributed by atoms with E-state index in [9.17, 15) is 9.90 Å². The Bertz CT molecular complexity index is 457. The molecule has 0 unspecified atom stereocenters. The average Bonchev–Trinajstić information content (AvgIpc) is 2.40. The van der Waals surface area contributed by atoms with Crippen molar-refractivity contribution in [2.45, 2.75) is 31.8 Å². The summed E-state index contributed by atoms with van der Waals surface area (Å²) in [5.74, 6) is 0.325. The van der Waals surface area contributed by atoms with Crippen molar-refractivity contribution in [2.24, 2.45) is 5.92 Å². The average molecular weight is 327 g/mol. The lowest BCUT2D eigenvalue weighted by molar-refractivity contribution is 0.0911. The topological polar surface area (TPSA) is 75.4 Å². The van der Waals surface area contributed by atoms with Crippen LogP contribution in [-0.4, -0.2) is 23.7 Å². The summed E-state index contributed by atoms with van der Waals surface area (Å²) in [6.07, 6.45) is 3.44. The van der Waals surface area contributed by atoms with Gasteiger partial charge in [0.05, 0.1) is 11.7 Å². The maximum atomic E-state index is 12.1. The van der Waals surface area contributed by atoms with E-state index in [2.05, 4.69) is 21.2 Å². The second-order valence-electron chi connectivity index (χ2n) is 5.12. The molecule has 19 heavy (non-hydrogen) atoms. The number of halogens is 1. The number of amides is 1. The molecule has 1 fully saturated rings. The zero-order valence-corrected chi connectivity index (χ0v) is 12.3. The van der Waals surface area contributed by atoms with Crippen LogP contribution < -0.4 is 11.1 Å². The van der Waals surface area contributed by atoms with Gasteiger partial charge in [-0.3, -0.25) is 4.79 Å². The molecule has 0 saturated heterocycles. The number of rotatable bonds is 3. The molecule has 1 saturated carbocycles. The van der Waals surface area contributed by atoms with Crippen molar-refractivity contribution in [3.63, 3.8) is 0 Å². The lowest BCUT2D eigenvalue weighted by atomic mass is 9.87. The highest BCUT2D eigenvalue weighted by Crippen LogP contribution is 2.24. The minimum absolute atomic E-state index is 0.134. The van der Waals surface area contributed by atoms with Crippen LogP contribution in [0.1, 0.15) is 36.0 Å². The molecule has 0 aliphatic heterocycles. The number of carbonyl (C=O) groups excluding carboxylic acids is 1. The third-order valence-corrected chi connectivity index (χ3v) is 4.12. The molecule has 0 heterocycles. The lowest BCUT2D eigenvalue weighted by Gasteiger charge is -2.25. The molecule has 0 bridgehead atoms. The summed E-state index contributed by atoms with van der Waals surface area (Å²) < 4.78 is 0.840. The summed E-state index contributed by atoms with van der Waals surface area (Å²) in [5, 5.41) is 12.4. The van der Waals surface area contributed by atoms with Crippen molar-refractivity contribution in [2.75, 3.05) is 12.3 Å². The number of carbonyl (C=O) groups is 1. The van der Waals surface area contributed by atoms with Crippen molar-refractivity contribution in [1.29, 1.82) is 0 Å². The minimum Gasteiger partial charge on any atom is -0.398 e. The van der Waals surface area contributed by atoms with Crippen LogP contribution in [0.3, 0.4) is 0 Å². The fraction of sp³-hybridized carbons (Fsp3) is 0.500. The van der Waals surface area contributed by atoms with Crippen LogP contribution in [0, 0.1) is 5.92 Å². The summed E-state index contributed by atoms with van der Waals surface area (Å²) in [6.45, 7) is 0.650. The zero-order valence-electron chi connectivity index (χ0n) is 10.7. The molecule has 4 N–H and O–H groups in total. The highest BCUT2D eigenvalue weighted by atomic mass is 79.9. The first-order chi connectivity index (χ1) is 9.06. The van der Waals surface area contributed by atoms with Crippen molar-refractivity contribution >= 4 is 27.5 Å². The number of nitrogens with one attached hydrogen (secondary N) is 1. The van der Waals surface area contributed by atoms with Crippen molar-refractivity contribution in [1.82, 2.24) is 5.32 Å². The summed E-state index contributed by atoms with van der Waals surface area (Å²) in [5.41, 5.74) is 6.79. The highest BCUT2D eigenvalue weighted by Gasteiger charge is 2.20. The van der Waals surface area contributed by atoms with E-state index in [0.717, 1.165) is 30.2 Å². The van der Waals surface area contributed by atoms with Gasteiger partial charge in [0.15, 0.2) is 0 Å². The Morgan fingerprint density at radius 3 is 2.74 bits per heavy atom.